The van der Waals surface area contributed by atoms with Crippen molar-refractivity contribution in [3.8, 4) is 11.8 Å². The number of hydrogen-bond donors (Lipinski definition) is 1. The van der Waals surface area contributed by atoms with E-state index in [2.05, 4.69) is 9.97 Å². The van der Waals surface area contributed by atoms with E-state index in [1.54, 1.807) is 6.26 Å². The van der Waals surface area contributed by atoms with Gasteiger partial charge in [-0.15, -0.1) is 0 Å². The number of carbonyl (C=O) groups excluding carboxylic acids is 1. The molecule has 0 radical (unpaired) electrons. The molecule has 4 fully saturated rings. The molecule has 4 aliphatic rings. The molecule has 1 aromatic heterocycles. The molecule has 1 unspecified atom stereocenters. The van der Waals surface area contributed by atoms with Crippen LogP contribution in [0.15, 0.2) is 5.16 Å². The predicted octanol–water partition coefficient (Wildman–Crippen LogP) is 2.80. The molecule has 1 aromatic rings. The third-order valence-corrected chi connectivity index (χ3v) is 6.82. The zero-order chi connectivity index (χ0) is 18.5. The summed E-state index contributed by atoms with van der Waals surface area (Å²) >= 11 is 1.25. The number of methoxy groups -OCH3 is 1. The quantitative estimate of drug-likeness (QED) is 0.602. The second kappa shape index (κ2) is 6.55. The smallest absolute Gasteiger partial charge is 0.259 e. The van der Waals surface area contributed by atoms with Crippen molar-refractivity contribution in [2.24, 2.45) is 28.9 Å². The van der Waals surface area contributed by atoms with Gasteiger partial charge in [-0.25, -0.2) is 0 Å². The van der Waals surface area contributed by atoms with Crippen LogP contribution < -0.4 is 15.2 Å². The standard InChI is InChI=1S/C18H24FN3O3S/c1-24-15-12(19)16(22-17(21-15)26-2)25-13(14(20)23)18-6-9-3-10(7-18)5-11(4-9)8-18/h9-11,13H,3-8H2,1-2H3,(H2,20,23). The maximum atomic E-state index is 14.6. The van der Waals surface area contributed by atoms with Crippen LogP contribution in [0.4, 0.5) is 4.39 Å². The lowest BCUT2D eigenvalue weighted by Crippen LogP contribution is -2.57. The molecule has 8 heteroatoms. The number of hydrogen-bond acceptors (Lipinski definition) is 6. The number of amides is 1. The Morgan fingerprint density at radius 2 is 1.73 bits per heavy atom. The lowest BCUT2D eigenvalue weighted by atomic mass is 9.48. The number of carbonyl (C=O) groups is 1. The van der Waals surface area contributed by atoms with Gasteiger partial charge in [0, 0.05) is 5.41 Å². The highest BCUT2D eigenvalue weighted by atomic mass is 32.2. The largest absolute Gasteiger partial charge is 0.479 e. The molecule has 142 valence electrons. The Morgan fingerprint density at radius 1 is 1.19 bits per heavy atom. The van der Waals surface area contributed by atoms with Gasteiger partial charge in [0.2, 0.25) is 5.82 Å². The Kier molecular flexibility index (Phi) is 4.49. The second-order valence-electron chi connectivity index (χ2n) is 8.02. The third kappa shape index (κ3) is 2.92. The maximum absolute atomic E-state index is 14.6. The fourth-order valence-electron chi connectivity index (χ4n) is 5.79. The van der Waals surface area contributed by atoms with Crippen molar-refractivity contribution in [1.29, 1.82) is 0 Å². The number of halogens is 1. The van der Waals surface area contributed by atoms with Crippen molar-refractivity contribution in [1.82, 2.24) is 9.97 Å². The van der Waals surface area contributed by atoms with Gasteiger partial charge in [0.05, 0.1) is 7.11 Å². The van der Waals surface area contributed by atoms with Crippen molar-refractivity contribution < 1.29 is 18.7 Å². The first-order valence-corrected chi connectivity index (χ1v) is 10.3. The van der Waals surface area contributed by atoms with E-state index in [4.69, 9.17) is 15.2 Å². The van der Waals surface area contributed by atoms with Crippen LogP contribution in [0.3, 0.4) is 0 Å². The molecule has 26 heavy (non-hydrogen) atoms. The highest BCUT2D eigenvalue weighted by molar-refractivity contribution is 7.98. The maximum Gasteiger partial charge on any atom is 0.259 e. The van der Waals surface area contributed by atoms with Crippen molar-refractivity contribution in [3.63, 3.8) is 0 Å². The van der Waals surface area contributed by atoms with Gasteiger partial charge in [-0.3, -0.25) is 4.79 Å². The SMILES string of the molecule is COc1nc(SC)nc(OC(C(N)=O)C23CC4CC(CC(C4)C2)C3)c1F. The molecule has 5 rings (SSSR count). The van der Waals surface area contributed by atoms with E-state index >= 15 is 0 Å². The second-order valence-corrected chi connectivity index (χ2v) is 8.79. The molecule has 4 saturated carbocycles. The monoisotopic (exact) mass is 381 g/mol. The Bertz CT molecular complexity index is 695. The first kappa shape index (κ1) is 17.8. The van der Waals surface area contributed by atoms with Gasteiger partial charge in [0.1, 0.15) is 0 Å². The van der Waals surface area contributed by atoms with Gasteiger partial charge in [-0.05, 0) is 62.5 Å². The number of aromatic nitrogens is 2. The molecule has 1 amide bonds. The van der Waals surface area contributed by atoms with E-state index in [-0.39, 0.29) is 17.2 Å². The average Bonchev–Trinajstić information content (AvgIpc) is 2.59. The lowest BCUT2D eigenvalue weighted by molar-refractivity contribution is -0.148. The number of thioether (sulfide) groups is 1. The zero-order valence-corrected chi connectivity index (χ0v) is 15.9. The minimum atomic E-state index is -0.875. The fourth-order valence-corrected chi connectivity index (χ4v) is 6.14. The van der Waals surface area contributed by atoms with E-state index in [0.717, 1.165) is 19.3 Å². The van der Waals surface area contributed by atoms with Crippen LogP contribution in [0.2, 0.25) is 0 Å². The molecular formula is C18H24FN3O3S. The summed E-state index contributed by atoms with van der Waals surface area (Å²) in [7, 11) is 1.34. The van der Waals surface area contributed by atoms with Gasteiger partial charge >= 0.3 is 0 Å². The number of nitrogens with two attached hydrogens (primary N) is 1. The van der Waals surface area contributed by atoms with Crippen LogP contribution in [0.25, 0.3) is 0 Å². The lowest BCUT2D eigenvalue weighted by Gasteiger charge is -2.58. The Labute approximate surface area is 156 Å². The molecule has 1 heterocycles. The average molecular weight is 381 g/mol. The van der Waals surface area contributed by atoms with Crippen molar-refractivity contribution in [2.45, 2.75) is 49.8 Å². The van der Waals surface area contributed by atoms with E-state index in [9.17, 15) is 9.18 Å². The molecule has 1 atom stereocenters. The number of primary amides is 1. The van der Waals surface area contributed by atoms with Gasteiger partial charge in [0.15, 0.2) is 11.3 Å². The van der Waals surface area contributed by atoms with Crippen molar-refractivity contribution in [2.75, 3.05) is 13.4 Å². The minimum Gasteiger partial charge on any atom is -0.479 e. The fraction of sp³-hybridized carbons (Fsp3) is 0.722. The van der Waals surface area contributed by atoms with Crippen LogP contribution in [-0.2, 0) is 4.79 Å². The Balaban J connectivity index is 1.68. The van der Waals surface area contributed by atoms with Crippen LogP contribution in [-0.4, -0.2) is 35.3 Å². The molecule has 0 aliphatic heterocycles. The first-order chi connectivity index (χ1) is 12.4. The molecule has 0 aromatic carbocycles. The summed E-state index contributed by atoms with van der Waals surface area (Å²) in [4.78, 5) is 20.4. The van der Waals surface area contributed by atoms with E-state index < -0.39 is 17.8 Å². The topological polar surface area (TPSA) is 87.3 Å². The summed E-state index contributed by atoms with van der Waals surface area (Å²) in [6.07, 6.45) is 7.37. The van der Waals surface area contributed by atoms with Gasteiger partial charge in [-0.1, -0.05) is 11.8 Å². The molecule has 0 saturated heterocycles. The summed E-state index contributed by atoms with van der Waals surface area (Å²) in [6.45, 7) is 0. The Hall–Kier alpha value is -1.57. The molecule has 4 bridgehead atoms. The predicted molar refractivity (Wildman–Crippen MR) is 94.5 cm³/mol. The van der Waals surface area contributed by atoms with Crippen LogP contribution in [0.5, 0.6) is 11.8 Å². The third-order valence-electron chi connectivity index (χ3n) is 6.28. The summed E-state index contributed by atoms with van der Waals surface area (Å²) in [5.41, 5.74) is 5.43. The summed E-state index contributed by atoms with van der Waals surface area (Å²) in [6, 6.07) is 0. The minimum absolute atomic E-state index is 0.187. The van der Waals surface area contributed by atoms with Gasteiger partial charge < -0.3 is 15.2 Å². The summed E-state index contributed by atoms with van der Waals surface area (Å²) in [5.74, 6) is 0.0967. The molecular weight excluding hydrogens is 357 g/mol. The molecule has 4 aliphatic carbocycles. The molecule has 6 nitrogen and oxygen atoms in total. The van der Waals surface area contributed by atoms with Crippen LogP contribution >= 0.6 is 11.8 Å². The normalized spacial score (nSPS) is 33.1. The van der Waals surface area contributed by atoms with Crippen molar-refractivity contribution in [3.05, 3.63) is 5.82 Å². The summed E-state index contributed by atoms with van der Waals surface area (Å²) < 4.78 is 25.5. The van der Waals surface area contributed by atoms with E-state index in [1.165, 1.54) is 38.1 Å². The van der Waals surface area contributed by atoms with E-state index in [0.29, 0.717) is 22.9 Å². The van der Waals surface area contributed by atoms with Gasteiger partial charge in [0.25, 0.3) is 17.7 Å². The van der Waals surface area contributed by atoms with Crippen LogP contribution in [0.1, 0.15) is 38.5 Å². The van der Waals surface area contributed by atoms with Crippen molar-refractivity contribution >= 4 is 17.7 Å². The Morgan fingerprint density at radius 3 is 2.19 bits per heavy atom. The number of nitrogens with zero attached hydrogens (tertiary/aromatic N) is 2. The molecule has 2 N–H and O–H groups in total. The summed E-state index contributed by atoms with van der Waals surface area (Å²) in [5, 5.41) is 0.326. The van der Waals surface area contributed by atoms with Gasteiger partial charge in [-0.2, -0.15) is 14.4 Å². The zero-order valence-electron chi connectivity index (χ0n) is 15.0. The highest BCUT2D eigenvalue weighted by Gasteiger charge is 2.57. The first-order valence-electron chi connectivity index (χ1n) is 9.05. The highest BCUT2D eigenvalue weighted by Crippen LogP contribution is 2.61. The number of ether oxygens (including phenoxy) is 2. The van der Waals surface area contributed by atoms with E-state index in [1.807, 2.05) is 0 Å². The van der Waals surface area contributed by atoms with Crippen LogP contribution in [0, 0.1) is 29.0 Å². The number of rotatable bonds is 6. The molecule has 0 spiro atoms.